The Bertz CT molecular complexity index is 1030. The minimum absolute atomic E-state index is 0.0736. The summed E-state index contributed by atoms with van der Waals surface area (Å²) in [5.74, 6) is -1.48. The van der Waals surface area contributed by atoms with Gasteiger partial charge in [0.15, 0.2) is 0 Å². The predicted octanol–water partition coefficient (Wildman–Crippen LogP) is 5.36. The Hall–Kier alpha value is -3.22. The maximum atomic E-state index is 14.4. The zero-order valence-electron chi connectivity index (χ0n) is 13.4. The van der Waals surface area contributed by atoms with Crippen molar-refractivity contribution in [3.05, 3.63) is 101 Å². The van der Waals surface area contributed by atoms with Crippen molar-refractivity contribution in [1.82, 2.24) is 4.98 Å². The fourth-order valence-corrected chi connectivity index (χ4v) is 3.43. The van der Waals surface area contributed by atoms with E-state index in [0.717, 1.165) is 23.9 Å². The number of aromatic nitrogens is 1. The summed E-state index contributed by atoms with van der Waals surface area (Å²) in [6.07, 6.45) is 1.47. The van der Waals surface area contributed by atoms with Gasteiger partial charge in [-0.15, -0.1) is 0 Å². The van der Waals surface area contributed by atoms with Gasteiger partial charge in [-0.1, -0.05) is 18.2 Å². The predicted molar refractivity (Wildman–Crippen MR) is 96.6 cm³/mol. The molecule has 1 aromatic heterocycles. The molecule has 0 saturated carbocycles. The molecule has 2 aromatic carbocycles. The fourth-order valence-electron chi connectivity index (χ4n) is 2.72. The Balaban J connectivity index is 2.31. The third-order valence-electron chi connectivity index (χ3n) is 3.87. The second-order valence-corrected chi connectivity index (χ2v) is 6.32. The van der Waals surface area contributed by atoms with Gasteiger partial charge in [-0.2, -0.15) is 5.26 Å². The first kappa shape index (κ1) is 17.6. The quantitative estimate of drug-likeness (QED) is 0.463. The summed E-state index contributed by atoms with van der Waals surface area (Å²) in [7, 11) is 0. The minimum Gasteiger partial charge on any atom is -0.287 e. The molecule has 0 aliphatic carbocycles. The summed E-state index contributed by atoms with van der Waals surface area (Å²) in [6.45, 7) is 7.80. The average molecular weight is 363 g/mol. The van der Waals surface area contributed by atoms with Crippen molar-refractivity contribution in [2.24, 2.45) is 0 Å². The van der Waals surface area contributed by atoms with E-state index in [1.807, 2.05) is 5.40 Å². The number of pyridine rings is 1. The van der Waals surface area contributed by atoms with Crippen molar-refractivity contribution < 1.29 is 8.78 Å². The number of benzene rings is 2. The number of thiocyanates is 1. The minimum atomic E-state index is -1.42. The van der Waals surface area contributed by atoms with E-state index in [2.05, 4.69) is 9.83 Å². The highest BCUT2D eigenvalue weighted by Crippen LogP contribution is 2.47. The van der Waals surface area contributed by atoms with Crippen LogP contribution in [0.4, 0.5) is 8.78 Å². The van der Waals surface area contributed by atoms with Crippen LogP contribution < -0.4 is 0 Å². The van der Waals surface area contributed by atoms with E-state index in [-0.39, 0.29) is 11.3 Å². The molecular weight excluding hydrogens is 352 g/mol. The van der Waals surface area contributed by atoms with Gasteiger partial charge in [-0.05, 0) is 36.4 Å². The average Bonchev–Trinajstić information content (AvgIpc) is 2.67. The highest BCUT2D eigenvalue weighted by molar-refractivity contribution is 8.04. The molecule has 1 atom stereocenters. The molecule has 126 valence electrons. The molecule has 0 aliphatic rings. The molecule has 1 heterocycles. The Labute approximate surface area is 153 Å². The van der Waals surface area contributed by atoms with Crippen molar-refractivity contribution in [3.8, 4) is 16.7 Å². The molecule has 3 nitrogen and oxygen atoms in total. The van der Waals surface area contributed by atoms with Gasteiger partial charge in [0.05, 0.1) is 28.6 Å². The van der Waals surface area contributed by atoms with Gasteiger partial charge in [-0.3, -0.25) is 9.83 Å². The third kappa shape index (κ3) is 3.03. The summed E-state index contributed by atoms with van der Waals surface area (Å²) in [6, 6.07) is 15.3. The van der Waals surface area contributed by atoms with Crippen LogP contribution in [0.3, 0.4) is 0 Å². The van der Waals surface area contributed by atoms with Crippen molar-refractivity contribution in [1.29, 1.82) is 5.26 Å². The molecule has 1 unspecified atom stereocenters. The lowest BCUT2D eigenvalue weighted by Crippen LogP contribution is -2.20. The summed E-state index contributed by atoms with van der Waals surface area (Å²) >= 11 is 0.763. The molecule has 6 heteroatoms. The van der Waals surface area contributed by atoms with E-state index in [1.54, 1.807) is 42.5 Å². The standard InChI is InChI=1S/C20H11F2N3S/c1-24-20(26-13-23,14-6-3-2-4-7-14)17-8-5-11-25-19(17)16-10-9-15(21)12-18(16)22/h2-12H. The van der Waals surface area contributed by atoms with Crippen molar-refractivity contribution in [3.63, 3.8) is 0 Å². The van der Waals surface area contributed by atoms with E-state index in [4.69, 9.17) is 6.57 Å². The Morgan fingerprint density at radius 1 is 1.08 bits per heavy atom. The fraction of sp³-hybridized carbons (Fsp3) is 0.0500. The maximum absolute atomic E-state index is 14.4. The van der Waals surface area contributed by atoms with Crippen LogP contribution in [0.25, 0.3) is 16.1 Å². The smallest absolute Gasteiger partial charge is 0.287 e. The lowest BCUT2D eigenvalue weighted by molar-refractivity contribution is 0.585. The molecule has 0 amide bonds. The van der Waals surface area contributed by atoms with Crippen LogP contribution in [0.5, 0.6) is 0 Å². The number of nitrogens with zero attached hydrogens (tertiary/aromatic N) is 3. The number of halogens is 2. The molecule has 0 saturated heterocycles. The number of thioether (sulfide) groups is 1. The van der Waals surface area contributed by atoms with Gasteiger partial charge >= 0.3 is 4.87 Å². The second kappa shape index (κ2) is 7.35. The van der Waals surface area contributed by atoms with Crippen molar-refractivity contribution in [2.45, 2.75) is 4.87 Å². The Morgan fingerprint density at radius 2 is 1.85 bits per heavy atom. The van der Waals surface area contributed by atoms with Gasteiger partial charge < -0.3 is 0 Å². The molecule has 0 bridgehead atoms. The van der Waals surface area contributed by atoms with E-state index < -0.39 is 16.5 Å². The SMILES string of the molecule is [C-]#[N+]C(SC#N)(c1ccccc1)c1cccnc1-c1ccc(F)cc1F. The molecule has 3 rings (SSSR count). The van der Waals surface area contributed by atoms with Gasteiger partial charge in [0.2, 0.25) is 0 Å². The van der Waals surface area contributed by atoms with Crippen LogP contribution in [0.2, 0.25) is 0 Å². The topological polar surface area (TPSA) is 41.0 Å². The second-order valence-electron chi connectivity index (χ2n) is 5.34. The summed E-state index contributed by atoms with van der Waals surface area (Å²) in [5.41, 5.74) is 1.23. The van der Waals surface area contributed by atoms with Crippen LogP contribution in [0.1, 0.15) is 11.1 Å². The lowest BCUT2D eigenvalue weighted by Gasteiger charge is -2.21. The maximum Gasteiger partial charge on any atom is 0.343 e. The highest BCUT2D eigenvalue weighted by atomic mass is 32.2. The summed E-state index contributed by atoms with van der Waals surface area (Å²) in [4.78, 5) is 6.55. The molecule has 3 aromatic rings. The van der Waals surface area contributed by atoms with Gasteiger partial charge in [-0.25, -0.2) is 15.4 Å². The van der Waals surface area contributed by atoms with Crippen LogP contribution in [0.15, 0.2) is 66.9 Å². The zero-order valence-corrected chi connectivity index (χ0v) is 14.2. The van der Waals surface area contributed by atoms with Gasteiger partial charge in [0.1, 0.15) is 17.0 Å². The first-order chi connectivity index (χ1) is 12.6. The summed E-state index contributed by atoms with van der Waals surface area (Å²) < 4.78 is 27.7. The molecular formula is C20H11F2N3S. The van der Waals surface area contributed by atoms with Gasteiger partial charge in [0, 0.05) is 17.8 Å². The monoisotopic (exact) mass is 363 g/mol. The molecule has 0 N–H and O–H groups in total. The van der Waals surface area contributed by atoms with Gasteiger partial charge in [0.25, 0.3) is 0 Å². The number of hydrogen-bond acceptors (Lipinski definition) is 3. The van der Waals surface area contributed by atoms with Crippen LogP contribution in [-0.2, 0) is 4.87 Å². The highest BCUT2D eigenvalue weighted by Gasteiger charge is 2.45. The number of hydrogen-bond donors (Lipinski definition) is 0. The van der Waals surface area contributed by atoms with Crippen molar-refractivity contribution >= 4 is 11.8 Å². The number of rotatable bonds is 4. The molecule has 26 heavy (non-hydrogen) atoms. The van der Waals surface area contributed by atoms with Crippen LogP contribution in [0, 0.1) is 28.9 Å². The van der Waals surface area contributed by atoms with Crippen LogP contribution in [-0.4, -0.2) is 4.98 Å². The largest absolute Gasteiger partial charge is 0.343 e. The van der Waals surface area contributed by atoms with E-state index in [1.165, 1.54) is 12.3 Å². The molecule has 0 aliphatic heterocycles. The Kier molecular flexibility index (Phi) is 4.97. The van der Waals surface area contributed by atoms with E-state index >= 15 is 0 Å². The Morgan fingerprint density at radius 3 is 2.50 bits per heavy atom. The van der Waals surface area contributed by atoms with E-state index in [0.29, 0.717) is 11.1 Å². The summed E-state index contributed by atoms with van der Waals surface area (Å²) in [5, 5.41) is 11.3. The molecule has 0 spiro atoms. The zero-order chi connectivity index (χ0) is 18.6. The first-order valence-corrected chi connectivity index (χ1v) is 8.36. The molecule has 0 radical (unpaired) electrons. The van der Waals surface area contributed by atoms with Crippen LogP contribution >= 0.6 is 11.8 Å². The van der Waals surface area contributed by atoms with E-state index in [9.17, 15) is 14.0 Å². The normalized spacial score (nSPS) is 12.6. The first-order valence-electron chi connectivity index (χ1n) is 7.54. The molecule has 0 fully saturated rings. The third-order valence-corrected chi connectivity index (χ3v) is 4.81. The van der Waals surface area contributed by atoms with Crippen molar-refractivity contribution in [2.75, 3.05) is 0 Å². The number of nitriles is 1. The lowest BCUT2D eigenvalue weighted by atomic mass is 9.94.